The van der Waals surface area contributed by atoms with Crippen molar-refractivity contribution in [2.45, 2.75) is 50.5 Å². The third-order valence-corrected chi connectivity index (χ3v) is 5.71. The van der Waals surface area contributed by atoms with Crippen molar-refractivity contribution in [2.75, 3.05) is 32.4 Å². The second-order valence-electron chi connectivity index (χ2n) is 7.11. The topological polar surface area (TPSA) is 58.1 Å². The van der Waals surface area contributed by atoms with Crippen LogP contribution in [0.4, 0.5) is 0 Å². The molecule has 1 aliphatic heterocycles. The van der Waals surface area contributed by atoms with Gasteiger partial charge in [0.15, 0.2) is 0 Å². The summed E-state index contributed by atoms with van der Waals surface area (Å²) >= 11 is 1.54. The number of nitrogens with zero attached hydrogens (tertiary/aromatic N) is 3. The molecule has 1 aromatic heterocycles. The molecule has 1 saturated carbocycles. The van der Waals surface area contributed by atoms with E-state index in [4.69, 9.17) is 0 Å². The first-order valence-corrected chi connectivity index (χ1v) is 10.2. The molecule has 24 heavy (non-hydrogen) atoms. The van der Waals surface area contributed by atoms with E-state index in [1.54, 1.807) is 0 Å². The van der Waals surface area contributed by atoms with Crippen LogP contribution >= 0.6 is 11.8 Å². The summed E-state index contributed by atoms with van der Waals surface area (Å²) in [5.74, 6) is 2.22. The van der Waals surface area contributed by atoms with Gasteiger partial charge in [-0.1, -0.05) is 6.92 Å². The molecule has 0 unspecified atom stereocenters. The average Bonchev–Trinajstić information content (AvgIpc) is 3.40. The van der Waals surface area contributed by atoms with Crippen LogP contribution in [0.15, 0.2) is 5.03 Å². The van der Waals surface area contributed by atoms with Gasteiger partial charge in [-0.2, -0.15) is 0 Å². The fourth-order valence-electron chi connectivity index (χ4n) is 3.20. The highest BCUT2D eigenvalue weighted by Gasteiger charge is 2.29. The number of aromatic nitrogens is 2. The molecular formula is C18H28N4OS. The number of carbonyl (C=O) groups is 1. The third kappa shape index (κ3) is 4.28. The van der Waals surface area contributed by atoms with E-state index in [0.717, 1.165) is 42.1 Å². The Morgan fingerprint density at radius 3 is 2.58 bits per heavy atom. The molecule has 0 radical (unpaired) electrons. The van der Waals surface area contributed by atoms with E-state index in [1.165, 1.54) is 37.4 Å². The summed E-state index contributed by atoms with van der Waals surface area (Å²) in [6, 6.07) is 0. The summed E-state index contributed by atoms with van der Waals surface area (Å²) < 4.78 is 0. The van der Waals surface area contributed by atoms with Gasteiger partial charge in [0.2, 0.25) is 0 Å². The molecular weight excluding hydrogens is 320 g/mol. The summed E-state index contributed by atoms with van der Waals surface area (Å²) in [5, 5.41) is 3.88. The van der Waals surface area contributed by atoms with Gasteiger partial charge in [-0.25, -0.2) is 9.97 Å². The Hall–Kier alpha value is -1.14. The Morgan fingerprint density at radius 1 is 1.25 bits per heavy atom. The molecule has 0 atom stereocenters. The summed E-state index contributed by atoms with van der Waals surface area (Å²) in [6.07, 6.45) is 6.85. The Bertz CT molecular complexity index is 595. The maximum Gasteiger partial charge on any atom is 0.255 e. The number of nitrogens with one attached hydrogen (secondary N) is 1. The van der Waals surface area contributed by atoms with Crippen molar-refractivity contribution in [3.05, 3.63) is 17.1 Å². The Balaban J connectivity index is 1.58. The molecule has 2 heterocycles. The predicted molar refractivity (Wildman–Crippen MR) is 97.7 cm³/mol. The molecule has 5 nitrogen and oxygen atoms in total. The largest absolute Gasteiger partial charge is 0.351 e. The second kappa shape index (κ2) is 7.83. The summed E-state index contributed by atoms with van der Waals surface area (Å²) in [5.41, 5.74) is 1.46. The van der Waals surface area contributed by atoms with Crippen molar-refractivity contribution >= 4 is 17.7 Å². The van der Waals surface area contributed by atoms with Gasteiger partial charge in [0.1, 0.15) is 10.9 Å². The quantitative estimate of drug-likeness (QED) is 0.633. The molecule has 1 aliphatic carbocycles. The van der Waals surface area contributed by atoms with Crippen molar-refractivity contribution in [2.24, 2.45) is 5.92 Å². The van der Waals surface area contributed by atoms with Gasteiger partial charge in [-0.15, -0.1) is 11.8 Å². The van der Waals surface area contributed by atoms with Crippen molar-refractivity contribution < 1.29 is 4.79 Å². The van der Waals surface area contributed by atoms with Gasteiger partial charge in [0.25, 0.3) is 5.91 Å². The van der Waals surface area contributed by atoms with Gasteiger partial charge in [-0.3, -0.25) is 4.79 Å². The Labute approximate surface area is 149 Å². The van der Waals surface area contributed by atoms with Gasteiger partial charge >= 0.3 is 0 Å². The smallest absolute Gasteiger partial charge is 0.255 e. The van der Waals surface area contributed by atoms with Crippen LogP contribution in [0.5, 0.6) is 0 Å². The van der Waals surface area contributed by atoms with Crippen LogP contribution in [0.25, 0.3) is 0 Å². The average molecular weight is 349 g/mol. The van der Waals surface area contributed by atoms with E-state index in [1.807, 2.05) is 13.2 Å². The van der Waals surface area contributed by atoms with Crippen molar-refractivity contribution in [3.63, 3.8) is 0 Å². The molecule has 3 rings (SSSR count). The van der Waals surface area contributed by atoms with Gasteiger partial charge < -0.3 is 10.2 Å². The zero-order chi connectivity index (χ0) is 17.1. The van der Waals surface area contributed by atoms with Crippen molar-refractivity contribution in [3.8, 4) is 0 Å². The molecule has 2 aliphatic rings. The summed E-state index contributed by atoms with van der Waals surface area (Å²) in [4.78, 5) is 24.2. The lowest BCUT2D eigenvalue weighted by Gasteiger charge is -2.30. The van der Waals surface area contributed by atoms with E-state index in [9.17, 15) is 4.79 Å². The van der Waals surface area contributed by atoms with Crippen LogP contribution in [0.3, 0.4) is 0 Å². The Morgan fingerprint density at radius 2 is 1.96 bits per heavy atom. The van der Waals surface area contributed by atoms with E-state index in [2.05, 4.69) is 27.1 Å². The van der Waals surface area contributed by atoms with Gasteiger partial charge in [0.05, 0.1) is 11.3 Å². The zero-order valence-electron chi connectivity index (χ0n) is 15.0. The molecule has 132 valence electrons. The number of thioether (sulfide) groups is 1. The van der Waals surface area contributed by atoms with Crippen LogP contribution in [-0.4, -0.2) is 53.2 Å². The monoisotopic (exact) mass is 348 g/mol. The first-order chi connectivity index (χ1) is 11.6. The highest BCUT2D eigenvalue weighted by molar-refractivity contribution is 7.98. The third-order valence-electron chi connectivity index (χ3n) is 5.03. The SMILES string of the molecule is CSc1nc(C2CC2)nc(C)c1C(=O)NCCN1CCC(C)CC1. The first-order valence-electron chi connectivity index (χ1n) is 9.01. The molecule has 6 heteroatoms. The second-order valence-corrected chi connectivity index (χ2v) is 7.90. The van der Waals surface area contributed by atoms with Crippen molar-refractivity contribution in [1.29, 1.82) is 0 Å². The number of likely N-dealkylation sites (tertiary alicyclic amines) is 1. The maximum atomic E-state index is 12.6. The fourth-order valence-corrected chi connectivity index (χ4v) is 3.83. The fraction of sp³-hybridized carbons (Fsp3) is 0.722. The molecule has 2 fully saturated rings. The van der Waals surface area contributed by atoms with Crippen LogP contribution in [0, 0.1) is 12.8 Å². The first kappa shape index (κ1) is 17.7. The minimum absolute atomic E-state index is 0.0374. The predicted octanol–water partition coefficient (Wildman–Crippen LogP) is 2.85. The highest BCUT2D eigenvalue weighted by atomic mass is 32.2. The van der Waals surface area contributed by atoms with E-state index in [0.29, 0.717) is 18.0 Å². The van der Waals surface area contributed by atoms with E-state index in [-0.39, 0.29) is 5.91 Å². The number of hydrogen-bond acceptors (Lipinski definition) is 5. The lowest BCUT2D eigenvalue weighted by molar-refractivity contribution is 0.0939. The molecule has 1 aromatic rings. The normalized spacial score (nSPS) is 19.5. The van der Waals surface area contributed by atoms with Gasteiger partial charge in [-0.05, 0) is 57.9 Å². The molecule has 1 amide bonds. The van der Waals surface area contributed by atoms with Crippen molar-refractivity contribution in [1.82, 2.24) is 20.2 Å². The number of piperidine rings is 1. The lowest BCUT2D eigenvalue weighted by Crippen LogP contribution is -2.39. The number of hydrogen-bond donors (Lipinski definition) is 1. The van der Waals surface area contributed by atoms with E-state index < -0.39 is 0 Å². The minimum atomic E-state index is -0.0374. The molecule has 0 bridgehead atoms. The van der Waals surface area contributed by atoms with E-state index >= 15 is 0 Å². The number of amides is 1. The van der Waals surface area contributed by atoms with Gasteiger partial charge in [0, 0.05) is 19.0 Å². The maximum absolute atomic E-state index is 12.6. The van der Waals surface area contributed by atoms with Crippen LogP contribution in [0.1, 0.15) is 60.4 Å². The number of carbonyl (C=O) groups excluding carboxylic acids is 1. The number of aryl methyl sites for hydroxylation is 1. The minimum Gasteiger partial charge on any atom is -0.351 e. The summed E-state index contributed by atoms with van der Waals surface area (Å²) in [7, 11) is 0. The zero-order valence-corrected chi connectivity index (χ0v) is 15.8. The molecule has 0 aromatic carbocycles. The Kier molecular flexibility index (Phi) is 5.76. The molecule has 0 spiro atoms. The highest BCUT2D eigenvalue weighted by Crippen LogP contribution is 2.39. The van der Waals surface area contributed by atoms with Crippen LogP contribution in [0.2, 0.25) is 0 Å². The van der Waals surface area contributed by atoms with Crippen LogP contribution in [-0.2, 0) is 0 Å². The lowest BCUT2D eigenvalue weighted by atomic mass is 9.99. The standard InChI is InChI=1S/C18H28N4OS/c1-12-6-9-22(10-7-12)11-8-19-17(23)15-13(2)20-16(14-4-5-14)21-18(15)24-3/h12,14H,4-11H2,1-3H3,(H,19,23). The molecule has 1 saturated heterocycles. The number of rotatable bonds is 6. The van der Waals surface area contributed by atoms with Crippen LogP contribution < -0.4 is 5.32 Å². The summed E-state index contributed by atoms with van der Waals surface area (Å²) in [6.45, 7) is 8.14. The molecule has 1 N–H and O–H groups in total.